The van der Waals surface area contributed by atoms with E-state index in [0.29, 0.717) is 13.0 Å². The molecule has 0 saturated carbocycles. The summed E-state index contributed by atoms with van der Waals surface area (Å²) in [5.74, 6) is -0.537. The predicted octanol–water partition coefficient (Wildman–Crippen LogP) is 1.31. The van der Waals surface area contributed by atoms with Crippen LogP contribution in [0, 0.1) is 0 Å². The van der Waals surface area contributed by atoms with Crippen LogP contribution in [0.5, 0.6) is 0 Å². The first kappa shape index (κ1) is 12.3. The second-order valence-corrected chi connectivity index (χ2v) is 4.18. The normalized spacial score (nSPS) is 27.1. The Morgan fingerprint density at radius 3 is 2.53 bits per heavy atom. The van der Waals surface area contributed by atoms with E-state index in [1.54, 1.807) is 6.92 Å². The Kier molecular flexibility index (Phi) is 3.28. The first-order chi connectivity index (χ1) is 6.70. The number of rotatable bonds is 2. The maximum absolute atomic E-state index is 11.8. The van der Waals surface area contributed by atoms with Gasteiger partial charge >= 0.3 is 6.18 Å². The van der Waals surface area contributed by atoms with Crippen LogP contribution in [0.15, 0.2) is 0 Å². The molecule has 0 aliphatic carbocycles. The highest BCUT2D eigenvalue weighted by atomic mass is 19.4. The summed E-state index contributed by atoms with van der Waals surface area (Å²) < 4.78 is 35.5. The zero-order valence-corrected chi connectivity index (χ0v) is 8.47. The van der Waals surface area contributed by atoms with Crippen LogP contribution in [0.1, 0.15) is 26.2 Å². The van der Waals surface area contributed by atoms with Gasteiger partial charge in [-0.25, -0.2) is 0 Å². The van der Waals surface area contributed by atoms with Gasteiger partial charge in [0.1, 0.15) is 0 Å². The van der Waals surface area contributed by atoms with Crippen LogP contribution in [-0.2, 0) is 4.79 Å². The first-order valence-corrected chi connectivity index (χ1v) is 4.76. The Labute approximate surface area is 85.9 Å². The molecule has 1 N–H and O–H groups in total. The lowest BCUT2D eigenvalue weighted by Crippen LogP contribution is -2.34. The maximum atomic E-state index is 11.8. The number of aliphatic hydroxyl groups is 1. The van der Waals surface area contributed by atoms with Crippen LogP contribution in [0.3, 0.4) is 0 Å². The second-order valence-electron chi connectivity index (χ2n) is 4.18. The van der Waals surface area contributed by atoms with E-state index in [9.17, 15) is 23.1 Å². The Balaban J connectivity index is 2.37. The van der Waals surface area contributed by atoms with Crippen molar-refractivity contribution in [1.82, 2.24) is 4.90 Å². The van der Waals surface area contributed by atoms with E-state index in [1.807, 2.05) is 0 Å². The average Bonchev–Trinajstić information content (AvgIpc) is 2.40. The fourth-order valence-corrected chi connectivity index (χ4v) is 1.56. The van der Waals surface area contributed by atoms with E-state index in [0.717, 1.165) is 0 Å². The molecule has 0 aromatic rings. The largest absolute Gasteiger partial charge is 0.389 e. The minimum Gasteiger partial charge on any atom is -0.388 e. The fraction of sp³-hybridized carbons (Fsp3) is 0.889. The summed E-state index contributed by atoms with van der Waals surface area (Å²) in [6.07, 6.45) is -5.49. The van der Waals surface area contributed by atoms with Gasteiger partial charge in [-0.3, -0.25) is 4.79 Å². The molecule has 0 bridgehead atoms. The fourth-order valence-electron chi connectivity index (χ4n) is 1.56. The van der Waals surface area contributed by atoms with Gasteiger partial charge in [0.05, 0.1) is 12.0 Å². The summed E-state index contributed by atoms with van der Waals surface area (Å²) in [6.45, 7) is 2.04. The molecular weight excluding hydrogens is 211 g/mol. The first-order valence-electron chi connectivity index (χ1n) is 4.76. The summed E-state index contributed by atoms with van der Waals surface area (Å²) >= 11 is 0. The minimum absolute atomic E-state index is 0.129. The molecular formula is C9H14F3NO2. The van der Waals surface area contributed by atoms with Gasteiger partial charge < -0.3 is 10.0 Å². The number of carbonyl (C=O) groups excluding carboxylic acids is 1. The third kappa shape index (κ3) is 4.07. The Morgan fingerprint density at radius 1 is 1.53 bits per heavy atom. The minimum atomic E-state index is -4.29. The van der Waals surface area contributed by atoms with Crippen molar-refractivity contribution in [2.45, 2.75) is 38.0 Å². The van der Waals surface area contributed by atoms with Gasteiger partial charge in [0, 0.05) is 19.5 Å². The molecule has 1 rings (SSSR count). The van der Waals surface area contributed by atoms with E-state index in [1.165, 1.54) is 4.90 Å². The van der Waals surface area contributed by atoms with Crippen LogP contribution in [-0.4, -0.2) is 40.8 Å². The average molecular weight is 225 g/mol. The number of likely N-dealkylation sites (tertiary alicyclic amines) is 1. The highest BCUT2D eigenvalue weighted by Gasteiger charge is 2.35. The number of β-amino-alcohol motifs (C(OH)–C–C–N with tert-alkyl or cyclic N) is 1. The SMILES string of the molecule is CC1(O)CCN(C(=O)CCC(F)(F)F)C1. The predicted molar refractivity (Wildman–Crippen MR) is 47.1 cm³/mol. The zero-order valence-electron chi connectivity index (χ0n) is 8.47. The maximum Gasteiger partial charge on any atom is 0.389 e. The van der Waals surface area contributed by atoms with Crippen molar-refractivity contribution < 1.29 is 23.1 Å². The summed E-state index contributed by atoms with van der Waals surface area (Å²) in [6, 6.07) is 0. The van der Waals surface area contributed by atoms with Crippen molar-refractivity contribution in [3.63, 3.8) is 0 Å². The van der Waals surface area contributed by atoms with Gasteiger partial charge in [0.2, 0.25) is 5.91 Å². The van der Waals surface area contributed by atoms with Gasteiger partial charge in [-0.2, -0.15) is 13.2 Å². The number of alkyl halides is 3. The standard InChI is InChI=1S/C9H14F3NO2/c1-8(15)4-5-13(6-8)7(14)2-3-9(10,11)12/h15H,2-6H2,1H3. The van der Waals surface area contributed by atoms with Crippen molar-refractivity contribution in [1.29, 1.82) is 0 Å². The Hall–Kier alpha value is -0.780. The Morgan fingerprint density at radius 2 is 2.13 bits per heavy atom. The van der Waals surface area contributed by atoms with Gasteiger partial charge in [0.25, 0.3) is 0 Å². The molecule has 0 radical (unpaired) electrons. The van der Waals surface area contributed by atoms with Gasteiger partial charge in [-0.05, 0) is 13.3 Å². The van der Waals surface area contributed by atoms with Crippen LogP contribution in [0.25, 0.3) is 0 Å². The van der Waals surface area contributed by atoms with Crippen molar-refractivity contribution >= 4 is 5.91 Å². The van der Waals surface area contributed by atoms with Gasteiger partial charge in [0.15, 0.2) is 0 Å². The lowest BCUT2D eigenvalue weighted by atomic mass is 10.1. The third-order valence-corrected chi connectivity index (χ3v) is 2.43. The molecule has 1 aliphatic rings. The van der Waals surface area contributed by atoms with Gasteiger partial charge in [-0.15, -0.1) is 0 Å². The molecule has 1 unspecified atom stereocenters. The zero-order chi connectivity index (χ0) is 11.7. The molecule has 6 heteroatoms. The molecule has 1 aliphatic heterocycles. The van der Waals surface area contributed by atoms with E-state index < -0.39 is 30.5 Å². The van der Waals surface area contributed by atoms with Crippen molar-refractivity contribution in [3.8, 4) is 0 Å². The molecule has 0 aromatic heterocycles. The molecule has 1 saturated heterocycles. The van der Waals surface area contributed by atoms with E-state index in [4.69, 9.17) is 0 Å². The Bertz CT molecular complexity index is 250. The number of carbonyl (C=O) groups is 1. The summed E-state index contributed by atoms with van der Waals surface area (Å²) in [5.41, 5.74) is -0.951. The molecule has 1 heterocycles. The number of amides is 1. The van der Waals surface area contributed by atoms with E-state index in [2.05, 4.69) is 0 Å². The third-order valence-electron chi connectivity index (χ3n) is 2.43. The monoisotopic (exact) mass is 225 g/mol. The molecule has 15 heavy (non-hydrogen) atoms. The molecule has 1 fully saturated rings. The van der Waals surface area contributed by atoms with Crippen LogP contribution in [0.4, 0.5) is 13.2 Å². The van der Waals surface area contributed by atoms with E-state index >= 15 is 0 Å². The lowest BCUT2D eigenvalue weighted by molar-refractivity contribution is -0.148. The topological polar surface area (TPSA) is 40.5 Å². The van der Waals surface area contributed by atoms with E-state index in [-0.39, 0.29) is 6.54 Å². The van der Waals surface area contributed by atoms with Crippen LogP contribution >= 0.6 is 0 Å². The molecule has 1 amide bonds. The summed E-state index contributed by atoms with van der Waals surface area (Å²) in [4.78, 5) is 12.6. The van der Waals surface area contributed by atoms with Crippen molar-refractivity contribution in [2.75, 3.05) is 13.1 Å². The quantitative estimate of drug-likeness (QED) is 0.769. The number of hydrogen-bond donors (Lipinski definition) is 1. The molecule has 3 nitrogen and oxygen atoms in total. The summed E-state index contributed by atoms with van der Waals surface area (Å²) in [7, 11) is 0. The number of halogens is 3. The lowest BCUT2D eigenvalue weighted by Gasteiger charge is -2.19. The van der Waals surface area contributed by atoms with Crippen LogP contribution < -0.4 is 0 Å². The second kappa shape index (κ2) is 4.00. The highest BCUT2D eigenvalue weighted by Crippen LogP contribution is 2.24. The van der Waals surface area contributed by atoms with Gasteiger partial charge in [-0.1, -0.05) is 0 Å². The summed E-state index contributed by atoms with van der Waals surface area (Å²) in [5, 5.41) is 9.53. The van der Waals surface area contributed by atoms with Crippen molar-refractivity contribution in [3.05, 3.63) is 0 Å². The molecule has 88 valence electrons. The molecule has 0 spiro atoms. The van der Waals surface area contributed by atoms with Crippen LogP contribution in [0.2, 0.25) is 0 Å². The number of hydrogen-bond acceptors (Lipinski definition) is 2. The smallest absolute Gasteiger partial charge is 0.388 e. The van der Waals surface area contributed by atoms with Crippen molar-refractivity contribution in [2.24, 2.45) is 0 Å². The highest BCUT2D eigenvalue weighted by molar-refractivity contribution is 5.76. The number of nitrogens with zero attached hydrogens (tertiary/aromatic N) is 1. The molecule has 0 aromatic carbocycles. The molecule has 1 atom stereocenters.